The van der Waals surface area contributed by atoms with Crippen LogP contribution in [0.15, 0.2) is 12.3 Å². The van der Waals surface area contributed by atoms with Gasteiger partial charge in [0.05, 0.1) is 5.69 Å². The number of aromatic nitrogens is 2. The highest BCUT2D eigenvalue weighted by atomic mass is 15.2. The van der Waals surface area contributed by atoms with Crippen LogP contribution in [0.2, 0.25) is 0 Å². The van der Waals surface area contributed by atoms with Gasteiger partial charge in [0, 0.05) is 32.3 Å². The van der Waals surface area contributed by atoms with Crippen LogP contribution in [0.1, 0.15) is 38.8 Å². The molecule has 4 nitrogen and oxygen atoms in total. The summed E-state index contributed by atoms with van der Waals surface area (Å²) in [5.41, 5.74) is 1.11. The number of likely N-dealkylation sites (N-methyl/N-ethyl adjacent to an activating group) is 1. The third-order valence-corrected chi connectivity index (χ3v) is 3.04. The Balaban J connectivity index is 2.86. The SMILES string of the molecule is CCNC(CC)C(C)c1ccnc(N(C)C)n1. The molecule has 2 unspecified atom stereocenters. The average molecular weight is 236 g/mol. The molecule has 96 valence electrons. The zero-order valence-electron chi connectivity index (χ0n) is 11.6. The predicted molar refractivity (Wildman–Crippen MR) is 72.5 cm³/mol. The first-order valence-electron chi connectivity index (χ1n) is 6.33. The van der Waals surface area contributed by atoms with E-state index in [9.17, 15) is 0 Å². The Kier molecular flexibility index (Phi) is 5.35. The summed E-state index contributed by atoms with van der Waals surface area (Å²) in [5.74, 6) is 1.18. The largest absolute Gasteiger partial charge is 0.347 e. The minimum Gasteiger partial charge on any atom is -0.347 e. The Labute approximate surface area is 104 Å². The number of nitrogens with zero attached hydrogens (tertiary/aromatic N) is 3. The molecule has 0 aliphatic carbocycles. The fourth-order valence-corrected chi connectivity index (χ4v) is 1.97. The quantitative estimate of drug-likeness (QED) is 0.820. The average Bonchev–Trinajstić information content (AvgIpc) is 2.35. The lowest BCUT2D eigenvalue weighted by molar-refractivity contribution is 0.442. The van der Waals surface area contributed by atoms with Crippen molar-refractivity contribution < 1.29 is 0 Å². The highest BCUT2D eigenvalue weighted by Crippen LogP contribution is 2.20. The predicted octanol–water partition coefficient (Wildman–Crippen LogP) is 2.03. The molecular formula is C13H24N4. The lowest BCUT2D eigenvalue weighted by Gasteiger charge is -2.23. The van der Waals surface area contributed by atoms with Crippen LogP contribution in [-0.4, -0.2) is 36.6 Å². The summed E-state index contributed by atoms with van der Waals surface area (Å²) < 4.78 is 0. The molecule has 1 aromatic heterocycles. The monoisotopic (exact) mass is 236 g/mol. The van der Waals surface area contributed by atoms with Crippen molar-refractivity contribution >= 4 is 5.95 Å². The van der Waals surface area contributed by atoms with Gasteiger partial charge in [0.25, 0.3) is 0 Å². The van der Waals surface area contributed by atoms with E-state index in [1.54, 1.807) is 0 Å². The maximum atomic E-state index is 4.60. The summed E-state index contributed by atoms with van der Waals surface area (Å²) in [6.45, 7) is 7.56. The van der Waals surface area contributed by atoms with E-state index in [-0.39, 0.29) is 0 Å². The third-order valence-electron chi connectivity index (χ3n) is 3.04. The molecule has 1 N–H and O–H groups in total. The van der Waals surface area contributed by atoms with Gasteiger partial charge in [-0.15, -0.1) is 0 Å². The van der Waals surface area contributed by atoms with Gasteiger partial charge < -0.3 is 10.2 Å². The molecule has 4 heteroatoms. The molecular weight excluding hydrogens is 212 g/mol. The van der Waals surface area contributed by atoms with Crippen molar-refractivity contribution in [1.82, 2.24) is 15.3 Å². The highest BCUT2D eigenvalue weighted by molar-refractivity contribution is 5.28. The summed E-state index contributed by atoms with van der Waals surface area (Å²) in [6, 6.07) is 2.49. The second-order valence-corrected chi connectivity index (χ2v) is 4.54. The van der Waals surface area contributed by atoms with E-state index in [0.717, 1.165) is 24.6 Å². The summed E-state index contributed by atoms with van der Waals surface area (Å²) in [5, 5.41) is 3.51. The van der Waals surface area contributed by atoms with E-state index in [4.69, 9.17) is 0 Å². The van der Waals surface area contributed by atoms with Crippen LogP contribution in [0.5, 0.6) is 0 Å². The highest BCUT2D eigenvalue weighted by Gasteiger charge is 2.18. The van der Waals surface area contributed by atoms with Crippen molar-refractivity contribution in [3.8, 4) is 0 Å². The molecule has 0 saturated carbocycles. The minimum atomic E-state index is 0.404. The molecule has 0 aliphatic rings. The molecule has 0 amide bonds. The van der Waals surface area contributed by atoms with Crippen LogP contribution in [0.3, 0.4) is 0 Å². The van der Waals surface area contributed by atoms with Crippen molar-refractivity contribution in [2.24, 2.45) is 0 Å². The molecule has 0 radical (unpaired) electrons. The normalized spacial score (nSPS) is 14.4. The maximum Gasteiger partial charge on any atom is 0.224 e. The van der Waals surface area contributed by atoms with Gasteiger partial charge in [-0.1, -0.05) is 20.8 Å². The molecule has 0 aliphatic heterocycles. The fraction of sp³-hybridized carbons (Fsp3) is 0.692. The van der Waals surface area contributed by atoms with Gasteiger partial charge in [-0.05, 0) is 19.0 Å². The van der Waals surface area contributed by atoms with Gasteiger partial charge in [0.1, 0.15) is 0 Å². The van der Waals surface area contributed by atoms with E-state index < -0.39 is 0 Å². The molecule has 0 bridgehead atoms. The number of nitrogens with one attached hydrogen (secondary N) is 1. The van der Waals surface area contributed by atoms with Crippen molar-refractivity contribution in [1.29, 1.82) is 0 Å². The molecule has 0 aromatic carbocycles. The van der Waals surface area contributed by atoms with Crippen LogP contribution >= 0.6 is 0 Å². The van der Waals surface area contributed by atoms with Gasteiger partial charge in [-0.2, -0.15) is 0 Å². The molecule has 2 atom stereocenters. The molecule has 0 spiro atoms. The van der Waals surface area contributed by atoms with Crippen LogP contribution in [-0.2, 0) is 0 Å². The van der Waals surface area contributed by atoms with Crippen molar-refractivity contribution in [3.63, 3.8) is 0 Å². The Hall–Kier alpha value is -1.16. The molecule has 1 heterocycles. The summed E-state index contributed by atoms with van der Waals surface area (Å²) in [6.07, 6.45) is 2.95. The zero-order valence-corrected chi connectivity index (χ0v) is 11.6. The summed E-state index contributed by atoms with van der Waals surface area (Å²) >= 11 is 0. The number of rotatable bonds is 6. The second kappa shape index (κ2) is 6.55. The molecule has 1 aromatic rings. The van der Waals surface area contributed by atoms with Gasteiger partial charge in [-0.25, -0.2) is 9.97 Å². The summed E-state index contributed by atoms with van der Waals surface area (Å²) in [7, 11) is 3.93. The molecule has 0 fully saturated rings. The second-order valence-electron chi connectivity index (χ2n) is 4.54. The smallest absolute Gasteiger partial charge is 0.224 e. The van der Waals surface area contributed by atoms with E-state index in [0.29, 0.717) is 12.0 Å². The van der Waals surface area contributed by atoms with Gasteiger partial charge >= 0.3 is 0 Å². The van der Waals surface area contributed by atoms with Crippen molar-refractivity contribution in [2.75, 3.05) is 25.5 Å². The summed E-state index contributed by atoms with van der Waals surface area (Å²) in [4.78, 5) is 10.8. The van der Waals surface area contributed by atoms with E-state index in [1.807, 2.05) is 31.3 Å². The van der Waals surface area contributed by atoms with Crippen LogP contribution < -0.4 is 10.2 Å². The van der Waals surface area contributed by atoms with E-state index in [1.165, 1.54) is 0 Å². The minimum absolute atomic E-state index is 0.404. The Morgan fingerprint density at radius 3 is 2.59 bits per heavy atom. The first-order chi connectivity index (χ1) is 8.10. The van der Waals surface area contributed by atoms with E-state index in [2.05, 4.69) is 36.1 Å². The number of anilines is 1. The lowest BCUT2D eigenvalue weighted by atomic mass is 9.96. The fourth-order valence-electron chi connectivity index (χ4n) is 1.97. The van der Waals surface area contributed by atoms with Crippen molar-refractivity contribution in [3.05, 3.63) is 18.0 Å². The van der Waals surface area contributed by atoms with Gasteiger partial charge in [-0.3, -0.25) is 0 Å². The van der Waals surface area contributed by atoms with Crippen molar-refractivity contribution in [2.45, 2.75) is 39.2 Å². The zero-order chi connectivity index (χ0) is 12.8. The first kappa shape index (κ1) is 13.9. The number of hydrogen-bond donors (Lipinski definition) is 1. The molecule has 17 heavy (non-hydrogen) atoms. The lowest BCUT2D eigenvalue weighted by Crippen LogP contribution is -2.33. The molecule has 1 rings (SSSR count). The van der Waals surface area contributed by atoms with Gasteiger partial charge in [0.2, 0.25) is 5.95 Å². The maximum absolute atomic E-state index is 4.60. The Morgan fingerprint density at radius 2 is 2.06 bits per heavy atom. The van der Waals surface area contributed by atoms with Crippen LogP contribution in [0, 0.1) is 0 Å². The number of hydrogen-bond acceptors (Lipinski definition) is 4. The third kappa shape index (κ3) is 3.66. The first-order valence-corrected chi connectivity index (χ1v) is 6.33. The topological polar surface area (TPSA) is 41.1 Å². The van der Waals surface area contributed by atoms with Gasteiger partial charge in [0.15, 0.2) is 0 Å². The van der Waals surface area contributed by atoms with E-state index >= 15 is 0 Å². The standard InChI is InChI=1S/C13H24N4/c1-6-11(14-7-2)10(3)12-8-9-15-13(16-12)17(4)5/h8-11,14H,6-7H2,1-5H3. The Morgan fingerprint density at radius 1 is 1.35 bits per heavy atom. The van der Waals surface area contributed by atoms with Crippen LogP contribution in [0.25, 0.3) is 0 Å². The Bertz CT molecular complexity index is 338. The molecule has 0 saturated heterocycles. The van der Waals surface area contributed by atoms with Crippen LogP contribution in [0.4, 0.5) is 5.95 Å².